The Morgan fingerprint density at radius 3 is 2.95 bits per heavy atom. The van der Waals surface area contributed by atoms with E-state index in [1.54, 1.807) is 28.2 Å². The van der Waals surface area contributed by atoms with Gasteiger partial charge in [0.2, 0.25) is 5.91 Å². The molecule has 1 aliphatic rings. The number of ether oxygens (including phenoxy) is 1. The fourth-order valence-corrected chi connectivity index (χ4v) is 2.48. The number of morpholine rings is 1. The first-order chi connectivity index (χ1) is 10.2. The summed E-state index contributed by atoms with van der Waals surface area (Å²) in [4.78, 5) is 18.1. The van der Waals surface area contributed by atoms with Crippen LogP contribution in [0.4, 0.5) is 0 Å². The molecule has 0 N–H and O–H groups in total. The second-order valence-electron chi connectivity index (χ2n) is 4.84. The van der Waals surface area contributed by atoms with Gasteiger partial charge in [-0.25, -0.2) is 0 Å². The molecule has 6 nitrogen and oxygen atoms in total. The molecule has 110 valence electrons. The molecular weight excluding hydrogens is 292 g/mol. The number of nitrogens with zero attached hydrogens (tertiary/aromatic N) is 4. The highest BCUT2D eigenvalue weighted by atomic mass is 35.5. The van der Waals surface area contributed by atoms with Crippen LogP contribution < -0.4 is 0 Å². The summed E-state index contributed by atoms with van der Waals surface area (Å²) in [6, 6.07) is 3.82. The number of rotatable bonds is 3. The predicted octanol–water partition coefficient (Wildman–Crippen LogP) is 1.53. The molecule has 0 saturated carbocycles. The molecule has 0 aromatic carbocycles. The molecule has 1 amide bonds. The lowest BCUT2D eigenvalue weighted by molar-refractivity contribution is -0.139. The fraction of sp³-hybridized carbons (Fsp3) is 0.357. The van der Waals surface area contributed by atoms with E-state index in [1.165, 1.54) is 6.20 Å². The lowest BCUT2D eigenvalue weighted by Gasteiger charge is -2.33. The van der Waals surface area contributed by atoms with E-state index in [0.717, 1.165) is 5.56 Å². The highest BCUT2D eigenvalue weighted by Crippen LogP contribution is 2.21. The van der Waals surface area contributed by atoms with Crippen LogP contribution in [0.1, 0.15) is 11.7 Å². The molecule has 21 heavy (non-hydrogen) atoms. The van der Waals surface area contributed by atoms with Crippen molar-refractivity contribution in [1.29, 1.82) is 0 Å². The summed E-state index contributed by atoms with van der Waals surface area (Å²) in [5.74, 6) is 0.0112. The van der Waals surface area contributed by atoms with E-state index in [9.17, 15) is 4.79 Å². The van der Waals surface area contributed by atoms with Gasteiger partial charge in [0.1, 0.15) is 12.6 Å². The van der Waals surface area contributed by atoms with Gasteiger partial charge < -0.3 is 9.64 Å². The van der Waals surface area contributed by atoms with Gasteiger partial charge in [-0.05, 0) is 17.7 Å². The van der Waals surface area contributed by atoms with Crippen LogP contribution in [-0.2, 0) is 16.1 Å². The van der Waals surface area contributed by atoms with Crippen LogP contribution in [0, 0.1) is 0 Å². The molecule has 1 saturated heterocycles. The van der Waals surface area contributed by atoms with Gasteiger partial charge in [-0.15, -0.1) is 0 Å². The average Bonchev–Trinajstić information content (AvgIpc) is 2.93. The molecule has 1 aliphatic heterocycles. The largest absolute Gasteiger partial charge is 0.370 e. The van der Waals surface area contributed by atoms with Gasteiger partial charge in [0.25, 0.3) is 0 Å². The van der Waals surface area contributed by atoms with Crippen molar-refractivity contribution in [3.63, 3.8) is 0 Å². The molecule has 2 aromatic heterocycles. The Balaban J connectivity index is 1.64. The van der Waals surface area contributed by atoms with Crippen molar-refractivity contribution in [2.75, 3.05) is 19.7 Å². The number of hydrogen-bond acceptors (Lipinski definition) is 4. The second-order valence-corrected chi connectivity index (χ2v) is 5.27. The van der Waals surface area contributed by atoms with Gasteiger partial charge in [-0.2, -0.15) is 5.10 Å². The van der Waals surface area contributed by atoms with E-state index < -0.39 is 0 Å². The Hall–Kier alpha value is -1.92. The number of hydrogen-bond donors (Lipinski definition) is 0. The molecule has 3 rings (SSSR count). The van der Waals surface area contributed by atoms with Gasteiger partial charge in [-0.3, -0.25) is 14.5 Å². The van der Waals surface area contributed by atoms with Crippen LogP contribution >= 0.6 is 11.6 Å². The molecular formula is C14H15ClN4O2. The molecule has 2 aromatic rings. The molecule has 0 aliphatic carbocycles. The van der Waals surface area contributed by atoms with Crippen molar-refractivity contribution in [2.45, 2.75) is 12.6 Å². The minimum absolute atomic E-state index is 0.0112. The molecule has 1 atom stereocenters. The molecule has 0 spiro atoms. The van der Waals surface area contributed by atoms with Gasteiger partial charge >= 0.3 is 0 Å². The van der Waals surface area contributed by atoms with E-state index >= 15 is 0 Å². The highest BCUT2D eigenvalue weighted by Gasteiger charge is 2.25. The van der Waals surface area contributed by atoms with Crippen molar-refractivity contribution in [1.82, 2.24) is 19.7 Å². The van der Waals surface area contributed by atoms with Crippen molar-refractivity contribution in [2.24, 2.45) is 0 Å². The molecule has 0 unspecified atom stereocenters. The maximum atomic E-state index is 12.3. The molecule has 0 bridgehead atoms. The maximum absolute atomic E-state index is 12.3. The van der Waals surface area contributed by atoms with E-state index in [0.29, 0.717) is 24.7 Å². The smallest absolute Gasteiger partial charge is 0.244 e. The van der Waals surface area contributed by atoms with E-state index in [-0.39, 0.29) is 18.6 Å². The first kappa shape index (κ1) is 14.0. The molecule has 3 heterocycles. The molecule has 7 heteroatoms. The van der Waals surface area contributed by atoms with Crippen molar-refractivity contribution in [3.05, 3.63) is 47.5 Å². The van der Waals surface area contributed by atoms with E-state index in [1.807, 2.05) is 12.1 Å². The predicted molar refractivity (Wildman–Crippen MR) is 76.7 cm³/mol. The number of carbonyl (C=O) groups excluding carboxylic acids is 1. The monoisotopic (exact) mass is 306 g/mol. The number of pyridine rings is 1. The van der Waals surface area contributed by atoms with Crippen LogP contribution in [0.25, 0.3) is 0 Å². The summed E-state index contributed by atoms with van der Waals surface area (Å²) < 4.78 is 7.28. The number of halogens is 1. The minimum atomic E-state index is -0.105. The topological polar surface area (TPSA) is 60.2 Å². The van der Waals surface area contributed by atoms with Crippen molar-refractivity contribution >= 4 is 17.5 Å². The van der Waals surface area contributed by atoms with Gasteiger partial charge in [0.15, 0.2) is 0 Å². The Morgan fingerprint density at radius 2 is 2.24 bits per heavy atom. The number of amides is 1. The molecule has 1 fully saturated rings. The first-order valence-corrected chi connectivity index (χ1v) is 7.07. The van der Waals surface area contributed by atoms with Crippen LogP contribution in [0.2, 0.25) is 5.02 Å². The molecule has 0 radical (unpaired) electrons. The third-order valence-electron chi connectivity index (χ3n) is 3.40. The van der Waals surface area contributed by atoms with E-state index in [2.05, 4.69) is 10.1 Å². The third-order valence-corrected chi connectivity index (χ3v) is 3.59. The highest BCUT2D eigenvalue weighted by molar-refractivity contribution is 6.30. The fourth-order valence-electron chi connectivity index (χ4n) is 2.32. The van der Waals surface area contributed by atoms with Gasteiger partial charge in [0.05, 0.1) is 24.4 Å². The zero-order chi connectivity index (χ0) is 14.7. The van der Waals surface area contributed by atoms with Gasteiger partial charge in [-0.1, -0.05) is 11.6 Å². The summed E-state index contributed by atoms with van der Waals surface area (Å²) in [5.41, 5.74) is 1.03. The van der Waals surface area contributed by atoms with Crippen LogP contribution in [0.15, 0.2) is 36.9 Å². The summed E-state index contributed by atoms with van der Waals surface area (Å²) in [6.07, 6.45) is 6.51. The third kappa shape index (κ3) is 3.40. The summed E-state index contributed by atoms with van der Waals surface area (Å²) in [7, 11) is 0. The normalized spacial score (nSPS) is 18.7. The Morgan fingerprint density at radius 1 is 1.43 bits per heavy atom. The lowest BCUT2D eigenvalue weighted by atomic mass is 10.1. The quantitative estimate of drug-likeness (QED) is 0.863. The number of carbonyl (C=O) groups is 1. The van der Waals surface area contributed by atoms with Crippen LogP contribution in [0.3, 0.4) is 0 Å². The van der Waals surface area contributed by atoms with Gasteiger partial charge in [0, 0.05) is 25.1 Å². The van der Waals surface area contributed by atoms with Crippen molar-refractivity contribution < 1.29 is 9.53 Å². The SMILES string of the molecule is O=C(Cn1cc(Cl)cn1)N1CCO[C@H](c2ccncc2)C1. The van der Waals surface area contributed by atoms with Crippen molar-refractivity contribution in [3.8, 4) is 0 Å². The first-order valence-electron chi connectivity index (χ1n) is 6.69. The number of aromatic nitrogens is 3. The zero-order valence-electron chi connectivity index (χ0n) is 11.4. The average molecular weight is 307 g/mol. The summed E-state index contributed by atoms with van der Waals surface area (Å²) in [5, 5.41) is 4.55. The van der Waals surface area contributed by atoms with Crippen LogP contribution in [-0.4, -0.2) is 45.3 Å². The maximum Gasteiger partial charge on any atom is 0.244 e. The zero-order valence-corrected chi connectivity index (χ0v) is 12.1. The lowest BCUT2D eigenvalue weighted by Crippen LogP contribution is -2.43. The Kier molecular flexibility index (Phi) is 4.17. The van der Waals surface area contributed by atoms with Crippen LogP contribution in [0.5, 0.6) is 0 Å². The van der Waals surface area contributed by atoms with E-state index in [4.69, 9.17) is 16.3 Å². The summed E-state index contributed by atoms with van der Waals surface area (Å²) in [6.45, 7) is 1.85. The summed E-state index contributed by atoms with van der Waals surface area (Å²) >= 11 is 5.80. The Bertz CT molecular complexity index is 616. The Labute approximate surface area is 127 Å². The second kappa shape index (κ2) is 6.24. The standard InChI is InChI=1S/C14H15ClN4O2/c15-12-7-17-19(8-12)10-14(20)18-5-6-21-13(9-18)11-1-3-16-4-2-11/h1-4,7-8,13H,5-6,9-10H2/t13-/m0/s1. The minimum Gasteiger partial charge on any atom is -0.370 e.